The lowest BCUT2D eigenvalue weighted by molar-refractivity contribution is -0.275. The zero-order chi connectivity index (χ0) is 13.6. The molecular weight excluding hydrogens is 272 g/mol. The summed E-state index contributed by atoms with van der Waals surface area (Å²) in [6.07, 6.45) is 7.09. The molecular formula is C20H24O2. The van der Waals surface area contributed by atoms with Crippen LogP contribution in [0.2, 0.25) is 0 Å². The van der Waals surface area contributed by atoms with Crippen LogP contribution in [0.25, 0.3) is 0 Å². The molecule has 116 valence electrons. The minimum absolute atomic E-state index is 0.607. The van der Waals surface area contributed by atoms with Gasteiger partial charge >= 0.3 is 0 Å². The molecule has 2 saturated heterocycles. The molecule has 2 aliphatic heterocycles. The van der Waals surface area contributed by atoms with Crippen molar-refractivity contribution in [3.05, 3.63) is 0 Å². The summed E-state index contributed by atoms with van der Waals surface area (Å²) in [5.74, 6) is 10.6. The van der Waals surface area contributed by atoms with E-state index in [1.165, 1.54) is 25.7 Å². The molecule has 2 heteroatoms. The van der Waals surface area contributed by atoms with E-state index in [2.05, 4.69) is 0 Å². The predicted molar refractivity (Wildman–Crippen MR) is 77.7 cm³/mol. The second-order valence-corrected chi connectivity index (χ2v) is 10.7. The summed E-state index contributed by atoms with van der Waals surface area (Å²) in [5, 5.41) is 0. The Hall–Kier alpha value is -0.0800. The fraction of sp³-hybridized carbons (Fsp3) is 1.00. The summed E-state index contributed by atoms with van der Waals surface area (Å²) in [5.41, 5.74) is 1.21. The predicted octanol–water partition coefficient (Wildman–Crippen LogP) is 2.57. The van der Waals surface area contributed by atoms with E-state index in [1.807, 2.05) is 0 Å². The maximum absolute atomic E-state index is 6.64. The standard InChI is InChI=1S/C20H24O2/c1-3-9-11-7(1)15-13-14-16-8-2-4-10-12(8)18(14)19(15,5-22-10)20(16,6-21-9)17(11)13/h7-18H,1-6H2/t7-,8-,9-,10-,11-,12-,13-,14-,15-,16+,17-,18-,19+,20+/m1/s1. The zero-order valence-electron chi connectivity index (χ0n) is 13.0. The maximum Gasteiger partial charge on any atom is 0.0609 e. The number of hydrogen-bond donors (Lipinski definition) is 0. The molecule has 22 heavy (non-hydrogen) atoms. The fourth-order valence-corrected chi connectivity index (χ4v) is 12.4. The molecule has 0 N–H and O–H groups in total. The highest BCUT2D eigenvalue weighted by Crippen LogP contribution is 2.98. The van der Waals surface area contributed by atoms with Crippen LogP contribution in [-0.4, -0.2) is 25.4 Å². The number of hydrogen-bond acceptors (Lipinski definition) is 2. The van der Waals surface area contributed by atoms with Crippen molar-refractivity contribution in [2.45, 2.75) is 37.9 Å². The van der Waals surface area contributed by atoms with Crippen LogP contribution in [0.1, 0.15) is 25.7 Å². The van der Waals surface area contributed by atoms with E-state index in [1.54, 1.807) is 0 Å². The Labute approximate surface area is 131 Å². The van der Waals surface area contributed by atoms with E-state index in [0.29, 0.717) is 23.0 Å². The zero-order valence-corrected chi connectivity index (χ0v) is 13.0. The van der Waals surface area contributed by atoms with Crippen molar-refractivity contribution in [1.82, 2.24) is 0 Å². The lowest BCUT2D eigenvalue weighted by Crippen LogP contribution is -2.67. The molecule has 0 aromatic carbocycles. The van der Waals surface area contributed by atoms with E-state index in [9.17, 15) is 0 Å². The van der Waals surface area contributed by atoms with Crippen LogP contribution in [0.4, 0.5) is 0 Å². The highest BCUT2D eigenvalue weighted by molar-refractivity contribution is 5.44. The molecule has 10 rings (SSSR count). The fourth-order valence-electron chi connectivity index (χ4n) is 12.4. The molecule has 2 heterocycles. The third kappa shape index (κ3) is 0.624. The first-order valence-electron chi connectivity index (χ1n) is 10.1. The molecule has 0 unspecified atom stereocenters. The van der Waals surface area contributed by atoms with E-state index in [-0.39, 0.29) is 0 Å². The first-order valence-corrected chi connectivity index (χ1v) is 10.1. The normalized spacial score (nSPS) is 85.1. The van der Waals surface area contributed by atoms with Crippen molar-refractivity contribution >= 4 is 0 Å². The van der Waals surface area contributed by atoms with Crippen LogP contribution < -0.4 is 0 Å². The Bertz CT molecular complexity index is 588. The second kappa shape index (κ2) is 2.65. The Kier molecular flexibility index (Phi) is 1.29. The van der Waals surface area contributed by atoms with Crippen molar-refractivity contribution in [3.8, 4) is 0 Å². The highest BCUT2D eigenvalue weighted by Gasteiger charge is 2.98. The van der Waals surface area contributed by atoms with Crippen LogP contribution in [0.5, 0.6) is 0 Å². The van der Waals surface area contributed by atoms with Gasteiger partial charge in [0, 0.05) is 10.8 Å². The molecule has 14 atom stereocenters. The van der Waals surface area contributed by atoms with Gasteiger partial charge in [0.15, 0.2) is 0 Å². The third-order valence-corrected chi connectivity index (χ3v) is 11.6. The molecule has 10 aliphatic rings. The van der Waals surface area contributed by atoms with Gasteiger partial charge in [0.2, 0.25) is 0 Å². The smallest absolute Gasteiger partial charge is 0.0609 e. The average molecular weight is 296 g/mol. The SMILES string of the molecule is C1C[C@H]2OC[C@]34[C@H]5[C@@H]6[C@H]7[C@H]8[C@@H]9[C@@H](CC[C@H]9OC[C@]83[C@@H]6[C@H]1[C@@H]52)[C@@H]74. The van der Waals surface area contributed by atoms with Gasteiger partial charge in [-0.15, -0.1) is 0 Å². The topological polar surface area (TPSA) is 18.5 Å². The second-order valence-electron chi connectivity index (χ2n) is 10.7. The Morgan fingerprint density at radius 2 is 1.05 bits per heavy atom. The highest BCUT2D eigenvalue weighted by atomic mass is 16.5. The van der Waals surface area contributed by atoms with Gasteiger partial charge in [-0.25, -0.2) is 0 Å². The number of ether oxygens (including phenoxy) is 2. The summed E-state index contributed by atoms with van der Waals surface area (Å²) < 4.78 is 13.3. The van der Waals surface area contributed by atoms with E-state index in [4.69, 9.17) is 9.47 Å². The van der Waals surface area contributed by atoms with Crippen LogP contribution in [-0.2, 0) is 9.47 Å². The minimum Gasteiger partial charge on any atom is -0.377 e. The lowest BCUT2D eigenvalue weighted by Gasteiger charge is -2.65. The van der Waals surface area contributed by atoms with Gasteiger partial charge in [-0.05, 0) is 84.9 Å². The average Bonchev–Trinajstić information content (AvgIpc) is 3.29. The van der Waals surface area contributed by atoms with Crippen molar-refractivity contribution in [3.63, 3.8) is 0 Å². The third-order valence-electron chi connectivity index (χ3n) is 11.6. The molecule has 2 nitrogen and oxygen atoms in total. The molecule has 8 saturated carbocycles. The van der Waals surface area contributed by atoms with Crippen molar-refractivity contribution < 1.29 is 9.47 Å². The summed E-state index contributed by atoms with van der Waals surface area (Å²) in [6, 6.07) is 0. The largest absolute Gasteiger partial charge is 0.377 e. The van der Waals surface area contributed by atoms with E-state index >= 15 is 0 Å². The molecule has 0 radical (unpaired) electrons. The van der Waals surface area contributed by atoms with Crippen molar-refractivity contribution in [2.24, 2.45) is 70.0 Å². The molecule has 8 bridgehead atoms. The van der Waals surface area contributed by atoms with Gasteiger partial charge < -0.3 is 9.47 Å². The maximum atomic E-state index is 6.64. The molecule has 8 aliphatic carbocycles. The van der Waals surface area contributed by atoms with E-state index < -0.39 is 0 Å². The van der Waals surface area contributed by atoms with Crippen LogP contribution in [0, 0.1) is 70.0 Å². The molecule has 0 amide bonds. The van der Waals surface area contributed by atoms with Gasteiger partial charge in [0.1, 0.15) is 0 Å². The molecule has 2 spiro atoms. The monoisotopic (exact) mass is 296 g/mol. The van der Waals surface area contributed by atoms with Crippen molar-refractivity contribution in [2.75, 3.05) is 13.2 Å². The van der Waals surface area contributed by atoms with Gasteiger partial charge in [-0.2, -0.15) is 0 Å². The Morgan fingerprint density at radius 1 is 0.545 bits per heavy atom. The molecule has 0 aromatic heterocycles. The van der Waals surface area contributed by atoms with Crippen LogP contribution in [0.15, 0.2) is 0 Å². The Balaban J connectivity index is 1.41. The van der Waals surface area contributed by atoms with Gasteiger partial charge in [0.05, 0.1) is 25.4 Å². The number of rotatable bonds is 0. The van der Waals surface area contributed by atoms with Gasteiger partial charge in [0.25, 0.3) is 0 Å². The van der Waals surface area contributed by atoms with Crippen molar-refractivity contribution in [1.29, 1.82) is 0 Å². The summed E-state index contributed by atoms with van der Waals surface area (Å²) in [4.78, 5) is 0. The summed E-state index contributed by atoms with van der Waals surface area (Å²) in [7, 11) is 0. The first kappa shape index (κ1) is 10.7. The quantitative estimate of drug-likeness (QED) is 0.684. The Morgan fingerprint density at radius 3 is 1.55 bits per heavy atom. The van der Waals surface area contributed by atoms with E-state index in [0.717, 1.165) is 72.4 Å². The van der Waals surface area contributed by atoms with Gasteiger partial charge in [-0.3, -0.25) is 0 Å². The molecule has 10 fully saturated rings. The first-order chi connectivity index (χ1) is 10.9. The molecule has 0 aromatic rings. The van der Waals surface area contributed by atoms with Crippen LogP contribution in [0.3, 0.4) is 0 Å². The summed E-state index contributed by atoms with van der Waals surface area (Å²) in [6.45, 7) is 2.29. The summed E-state index contributed by atoms with van der Waals surface area (Å²) >= 11 is 0. The van der Waals surface area contributed by atoms with Crippen LogP contribution >= 0.6 is 0 Å². The lowest BCUT2D eigenvalue weighted by atomic mass is 9.43. The van der Waals surface area contributed by atoms with Gasteiger partial charge in [-0.1, -0.05) is 0 Å². The minimum atomic E-state index is 0.607.